The predicted molar refractivity (Wildman–Crippen MR) is 105 cm³/mol. The van der Waals surface area contributed by atoms with Gasteiger partial charge in [0.1, 0.15) is 0 Å². The van der Waals surface area contributed by atoms with E-state index in [1.54, 1.807) is 0 Å². The Labute approximate surface area is 167 Å². The molecule has 7 nitrogen and oxygen atoms in total. The molecular formula is C19H18ClN3O4S. The molecule has 0 aromatic heterocycles. The molecule has 0 unspecified atom stereocenters. The number of carbonyl (C=O) groups is 2. The first kappa shape index (κ1) is 19.1. The zero-order chi connectivity index (χ0) is 19.9. The van der Waals surface area contributed by atoms with Gasteiger partial charge in [0.05, 0.1) is 16.1 Å². The van der Waals surface area contributed by atoms with E-state index >= 15 is 0 Å². The molecule has 0 aliphatic carbocycles. The van der Waals surface area contributed by atoms with Crippen molar-refractivity contribution in [2.75, 3.05) is 31.5 Å². The largest absolute Gasteiger partial charge is 0.318 e. The van der Waals surface area contributed by atoms with Crippen molar-refractivity contribution >= 4 is 39.0 Å². The third-order valence-electron chi connectivity index (χ3n) is 4.95. The van der Waals surface area contributed by atoms with Crippen LogP contribution in [-0.4, -0.2) is 55.5 Å². The van der Waals surface area contributed by atoms with Crippen LogP contribution >= 0.6 is 11.6 Å². The number of amides is 1. The maximum Gasteiger partial charge on any atom is 0.296 e. The molecule has 2 heterocycles. The number of nitrogens with zero attached hydrogens (tertiary/aromatic N) is 2. The lowest BCUT2D eigenvalue weighted by molar-refractivity contribution is -0.112. The number of sulfonamides is 1. The van der Waals surface area contributed by atoms with E-state index < -0.39 is 21.7 Å². The van der Waals surface area contributed by atoms with Crippen LogP contribution in [0.25, 0.3) is 0 Å². The smallest absolute Gasteiger partial charge is 0.296 e. The number of carbonyl (C=O) groups excluding carboxylic acids is 2. The van der Waals surface area contributed by atoms with Crippen molar-refractivity contribution < 1.29 is 18.0 Å². The summed E-state index contributed by atoms with van der Waals surface area (Å²) in [7, 11) is -3.73. The number of fused-ring (bicyclic) bond motifs is 1. The number of hydrogen-bond acceptors (Lipinski definition) is 5. The number of anilines is 1. The lowest BCUT2D eigenvalue weighted by Gasteiger charge is -2.34. The van der Waals surface area contributed by atoms with Crippen LogP contribution in [0.4, 0.5) is 5.69 Å². The van der Waals surface area contributed by atoms with Crippen LogP contribution in [0.15, 0.2) is 47.4 Å². The van der Waals surface area contributed by atoms with E-state index in [0.29, 0.717) is 43.4 Å². The van der Waals surface area contributed by atoms with Crippen LogP contribution in [0.2, 0.25) is 5.02 Å². The van der Waals surface area contributed by atoms with Crippen LogP contribution in [-0.2, 0) is 21.4 Å². The van der Waals surface area contributed by atoms with E-state index in [1.165, 1.54) is 22.5 Å². The summed E-state index contributed by atoms with van der Waals surface area (Å²) in [5.74, 6) is -1.45. The van der Waals surface area contributed by atoms with Gasteiger partial charge in [-0.25, -0.2) is 8.42 Å². The number of ketones is 1. The van der Waals surface area contributed by atoms with Crippen LogP contribution in [0.1, 0.15) is 15.9 Å². The summed E-state index contributed by atoms with van der Waals surface area (Å²) in [4.78, 5) is 25.5. The monoisotopic (exact) mass is 419 g/mol. The lowest BCUT2D eigenvalue weighted by atomic mass is 10.1. The van der Waals surface area contributed by atoms with Crippen LogP contribution < -0.4 is 5.32 Å². The quantitative estimate of drug-likeness (QED) is 0.766. The minimum atomic E-state index is -3.73. The van der Waals surface area contributed by atoms with Gasteiger partial charge in [-0.2, -0.15) is 4.31 Å². The third-order valence-corrected chi connectivity index (χ3v) is 7.08. The molecule has 2 aliphatic rings. The highest BCUT2D eigenvalue weighted by Gasteiger charge is 2.33. The Hall–Kier alpha value is -2.26. The van der Waals surface area contributed by atoms with Gasteiger partial charge < -0.3 is 5.32 Å². The standard InChI is InChI=1S/C19H18ClN3O4S/c20-14-3-1-2-13(10-14)12-22-6-8-23(9-7-22)28(26,27)15-4-5-17-16(11-15)18(24)19(25)21-17/h1-5,10-11H,6-9,12H2,(H,21,24,25). The second kappa shape index (κ2) is 7.29. The topological polar surface area (TPSA) is 86.8 Å². The number of hydrogen-bond donors (Lipinski definition) is 1. The molecule has 2 aromatic rings. The van der Waals surface area contributed by atoms with E-state index in [9.17, 15) is 18.0 Å². The number of rotatable bonds is 4. The predicted octanol–water partition coefficient (Wildman–Crippen LogP) is 1.98. The van der Waals surface area contributed by atoms with Crippen molar-refractivity contribution in [3.8, 4) is 0 Å². The minimum absolute atomic E-state index is 0.0272. The first-order valence-electron chi connectivity index (χ1n) is 8.81. The minimum Gasteiger partial charge on any atom is -0.318 e. The summed E-state index contributed by atoms with van der Waals surface area (Å²) >= 11 is 6.02. The Morgan fingerprint density at radius 3 is 2.46 bits per heavy atom. The molecular weight excluding hydrogens is 402 g/mol. The highest BCUT2D eigenvalue weighted by Crippen LogP contribution is 2.28. The Bertz CT molecular complexity index is 1060. The van der Waals surface area contributed by atoms with E-state index in [1.807, 2.05) is 24.3 Å². The molecule has 1 N–H and O–H groups in total. The molecule has 146 valence electrons. The van der Waals surface area contributed by atoms with Crippen molar-refractivity contribution in [2.24, 2.45) is 0 Å². The fraction of sp³-hybridized carbons (Fsp3) is 0.263. The number of halogens is 1. The van der Waals surface area contributed by atoms with Gasteiger partial charge in [-0.1, -0.05) is 23.7 Å². The summed E-state index contributed by atoms with van der Waals surface area (Å²) in [6, 6.07) is 11.8. The van der Waals surface area contributed by atoms with Crippen LogP contribution in [0.5, 0.6) is 0 Å². The Morgan fingerprint density at radius 2 is 1.75 bits per heavy atom. The van der Waals surface area contributed by atoms with Gasteiger partial charge in [0.15, 0.2) is 0 Å². The van der Waals surface area contributed by atoms with Gasteiger partial charge in [-0.15, -0.1) is 0 Å². The van der Waals surface area contributed by atoms with Gasteiger partial charge >= 0.3 is 0 Å². The van der Waals surface area contributed by atoms with Gasteiger partial charge in [0.2, 0.25) is 10.0 Å². The summed E-state index contributed by atoms with van der Waals surface area (Å²) in [6.45, 7) is 2.59. The zero-order valence-corrected chi connectivity index (χ0v) is 16.5. The molecule has 9 heteroatoms. The Morgan fingerprint density at radius 1 is 1.00 bits per heavy atom. The van der Waals surface area contributed by atoms with E-state index in [-0.39, 0.29) is 10.5 Å². The average molecular weight is 420 g/mol. The fourth-order valence-corrected chi connectivity index (χ4v) is 5.11. The molecule has 0 radical (unpaired) electrons. The molecule has 0 spiro atoms. The Balaban J connectivity index is 1.46. The molecule has 28 heavy (non-hydrogen) atoms. The molecule has 0 atom stereocenters. The van der Waals surface area contributed by atoms with E-state index in [0.717, 1.165) is 5.56 Å². The highest BCUT2D eigenvalue weighted by atomic mass is 35.5. The average Bonchev–Trinajstić information content (AvgIpc) is 2.96. The van der Waals surface area contributed by atoms with Gasteiger partial charge in [0.25, 0.3) is 11.7 Å². The molecule has 2 aliphatic heterocycles. The number of benzene rings is 2. The van der Waals surface area contributed by atoms with E-state index in [4.69, 9.17) is 11.6 Å². The SMILES string of the molecule is O=C1Nc2ccc(S(=O)(=O)N3CCN(Cc4cccc(Cl)c4)CC3)cc2C1=O. The second-order valence-electron chi connectivity index (χ2n) is 6.80. The van der Waals surface area contributed by atoms with E-state index in [2.05, 4.69) is 10.2 Å². The third kappa shape index (κ3) is 3.56. The van der Waals surface area contributed by atoms with Crippen LogP contribution in [0, 0.1) is 0 Å². The molecule has 1 saturated heterocycles. The lowest BCUT2D eigenvalue weighted by Crippen LogP contribution is -2.48. The maximum atomic E-state index is 13.0. The molecule has 0 bridgehead atoms. The zero-order valence-electron chi connectivity index (χ0n) is 14.9. The van der Waals surface area contributed by atoms with Gasteiger partial charge in [-0.05, 0) is 35.9 Å². The fourth-order valence-electron chi connectivity index (χ4n) is 3.45. The highest BCUT2D eigenvalue weighted by molar-refractivity contribution is 7.89. The number of nitrogens with one attached hydrogen (secondary N) is 1. The molecule has 1 fully saturated rings. The summed E-state index contributed by atoms with van der Waals surface area (Å²) < 4.78 is 27.3. The van der Waals surface area contributed by atoms with Crippen molar-refractivity contribution in [1.29, 1.82) is 0 Å². The molecule has 4 rings (SSSR count). The maximum absolute atomic E-state index is 13.0. The molecule has 0 saturated carbocycles. The first-order valence-corrected chi connectivity index (χ1v) is 10.6. The Kier molecular flexibility index (Phi) is 4.96. The molecule has 2 aromatic carbocycles. The number of Topliss-reactive ketones (excluding diaryl/α,β-unsaturated/α-hetero) is 1. The van der Waals surface area contributed by atoms with Crippen molar-refractivity contribution in [3.05, 3.63) is 58.6 Å². The van der Waals surface area contributed by atoms with Crippen LogP contribution in [0.3, 0.4) is 0 Å². The normalized spacial score (nSPS) is 18.2. The number of piperazine rings is 1. The second-order valence-corrected chi connectivity index (χ2v) is 9.18. The van der Waals surface area contributed by atoms with Gasteiger partial charge in [0, 0.05) is 37.7 Å². The van der Waals surface area contributed by atoms with Crippen molar-refractivity contribution in [3.63, 3.8) is 0 Å². The summed E-state index contributed by atoms with van der Waals surface area (Å²) in [5.41, 5.74) is 1.53. The van der Waals surface area contributed by atoms with Crippen molar-refractivity contribution in [1.82, 2.24) is 9.21 Å². The van der Waals surface area contributed by atoms with Gasteiger partial charge in [-0.3, -0.25) is 14.5 Å². The van der Waals surface area contributed by atoms with Crippen molar-refractivity contribution in [2.45, 2.75) is 11.4 Å². The summed E-state index contributed by atoms with van der Waals surface area (Å²) in [5, 5.41) is 3.10. The summed E-state index contributed by atoms with van der Waals surface area (Å²) in [6.07, 6.45) is 0. The first-order chi connectivity index (χ1) is 13.3. The molecule has 1 amide bonds.